The molecule has 2 rings (SSSR count). The van der Waals surface area contributed by atoms with Gasteiger partial charge in [-0.25, -0.2) is 0 Å². The highest BCUT2D eigenvalue weighted by atomic mass is 15.3. The fraction of sp³-hybridized carbons (Fsp3) is 0.812. The zero-order valence-corrected chi connectivity index (χ0v) is 12.5. The molecule has 1 aliphatic carbocycles. The van der Waals surface area contributed by atoms with Crippen LogP contribution in [0.15, 0.2) is 12.3 Å². The number of rotatable bonds is 7. The molecule has 0 bridgehead atoms. The van der Waals surface area contributed by atoms with Gasteiger partial charge in [0, 0.05) is 18.7 Å². The molecule has 1 aromatic rings. The van der Waals surface area contributed by atoms with Gasteiger partial charge in [-0.05, 0) is 31.2 Å². The molecule has 3 nitrogen and oxygen atoms in total. The molecule has 0 saturated heterocycles. The van der Waals surface area contributed by atoms with Gasteiger partial charge >= 0.3 is 0 Å². The molecule has 0 radical (unpaired) electrons. The van der Waals surface area contributed by atoms with Crippen molar-refractivity contribution < 1.29 is 0 Å². The van der Waals surface area contributed by atoms with Crippen LogP contribution < -0.4 is 5.73 Å². The lowest BCUT2D eigenvalue weighted by atomic mass is 9.96. The summed E-state index contributed by atoms with van der Waals surface area (Å²) in [6.45, 7) is 4.45. The van der Waals surface area contributed by atoms with Crippen LogP contribution in [0.1, 0.15) is 70.5 Å². The zero-order valence-electron chi connectivity index (χ0n) is 12.5. The standard InChI is InChI=1S/C16H29N3/c1-3-16(4-2)19-10-9-15(18-19)12-14(17)11-13-7-5-6-8-13/h9-10,13-14,16H,3-8,11-12,17H2,1-2H3. The van der Waals surface area contributed by atoms with Gasteiger partial charge in [-0.3, -0.25) is 4.68 Å². The van der Waals surface area contributed by atoms with Gasteiger partial charge in [0.05, 0.1) is 11.7 Å². The van der Waals surface area contributed by atoms with Gasteiger partial charge in [0.25, 0.3) is 0 Å². The van der Waals surface area contributed by atoms with Crippen LogP contribution in [0.25, 0.3) is 0 Å². The van der Waals surface area contributed by atoms with Gasteiger partial charge in [-0.1, -0.05) is 39.5 Å². The van der Waals surface area contributed by atoms with E-state index >= 15 is 0 Å². The third-order valence-corrected chi connectivity index (χ3v) is 4.56. The lowest BCUT2D eigenvalue weighted by Crippen LogP contribution is -2.25. The second-order valence-electron chi connectivity index (χ2n) is 6.11. The summed E-state index contributed by atoms with van der Waals surface area (Å²) in [5.74, 6) is 0.871. The molecule has 1 fully saturated rings. The molecule has 1 atom stereocenters. The summed E-state index contributed by atoms with van der Waals surface area (Å²) in [5, 5.41) is 4.70. The van der Waals surface area contributed by atoms with E-state index in [0.717, 1.165) is 30.9 Å². The van der Waals surface area contributed by atoms with Crippen LogP contribution in [-0.2, 0) is 6.42 Å². The topological polar surface area (TPSA) is 43.8 Å². The molecule has 19 heavy (non-hydrogen) atoms. The van der Waals surface area contributed by atoms with Crippen LogP contribution in [-0.4, -0.2) is 15.8 Å². The Labute approximate surface area is 117 Å². The van der Waals surface area contributed by atoms with E-state index in [1.54, 1.807) is 0 Å². The fourth-order valence-corrected chi connectivity index (χ4v) is 3.38. The Morgan fingerprint density at radius 2 is 2.00 bits per heavy atom. The minimum absolute atomic E-state index is 0.285. The van der Waals surface area contributed by atoms with Crippen LogP contribution in [0.4, 0.5) is 0 Å². The molecule has 2 N–H and O–H groups in total. The maximum atomic E-state index is 6.29. The Hall–Kier alpha value is -0.830. The van der Waals surface area contributed by atoms with Gasteiger partial charge in [0.2, 0.25) is 0 Å². The van der Waals surface area contributed by atoms with E-state index < -0.39 is 0 Å². The lowest BCUT2D eigenvalue weighted by molar-refractivity contribution is 0.416. The van der Waals surface area contributed by atoms with Crippen LogP contribution >= 0.6 is 0 Å². The van der Waals surface area contributed by atoms with Gasteiger partial charge in [0.1, 0.15) is 0 Å². The van der Waals surface area contributed by atoms with E-state index in [1.165, 1.54) is 32.1 Å². The fourth-order valence-electron chi connectivity index (χ4n) is 3.38. The average Bonchev–Trinajstić information content (AvgIpc) is 3.03. The molecule has 0 amide bonds. The van der Waals surface area contributed by atoms with Crippen molar-refractivity contribution in [2.75, 3.05) is 0 Å². The second-order valence-corrected chi connectivity index (χ2v) is 6.11. The third kappa shape index (κ3) is 4.07. The largest absolute Gasteiger partial charge is 0.327 e. The molecule has 3 heteroatoms. The van der Waals surface area contributed by atoms with E-state index in [9.17, 15) is 0 Å². The van der Waals surface area contributed by atoms with Crippen LogP contribution in [0, 0.1) is 5.92 Å². The van der Waals surface area contributed by atoms with Crippen molar-refractivity contribution in [3.63, 3.8) is 0 Å². The van der Waals surface area contributed by atoms with Crippen molar-refractivity contribution in [3.8, 4) is 0 Å². The quantitative estimate of drug-likeness (QED) is 0.815. The Bertz CT molecular complexity index is 362. The Kier molecular flexibility index (Phi) is 5.44. The van der Waals surface area contributed by atoms with Gasteiger partial charge in [-0.2, -0.15) is 5.10 Å². The van der Waals surface area contributed by atoms with E-state index in [4.69, 9.17) is 10.8 Å². The lowest BCUT2D eigenvalue weighted by Gasteiger charge is -2.15. The average molecular weight is 263 g/mol. The summed E-state index contributed by atoms with van der Waals surface area (Å²) in [4.78, 5) is 0. The summed E-state index contributed by atoms with van der Waals surface area (Å²) in [6.07, 6.45) is 12.1. The number of hydrogen-bond acceptors (Lipinski definition) is 2. The Morgan fingerprint density at radius 3 is 2.63 bits per heavy atom. The minimum atomic E-state index is 0.285. The molecule has 1 aromatic heterocycles. The van der Waals surface area contributed by atoms with Crippen molar-refractivity contribution in [2.24, 2.45) is 11.7 Å². The first-order chi connectivity index (χ1) is 9.22. The molecule has 0 spiro atoms. The van der Waals surface area contributed by atoms with Crippen molar-refractivity contribution in [3.05, 3.63) is 18.0 Å². The van der Waals surface area contributed by atoms with E-state index in [2.05, 4.69) is 30.8 Å². The number of nitrogens with zero attached hydrogens (tertiary/aromatic N) is 2. The SMILES string of the molecule is CCC(CC)n1ccc(CC(N)CC2CCCC2)n1. The molecular formula is C16H29N3. The first kappa shape index (κ1) is 14.6. The monoisotopic (exact) mass is 263 g/mol. The molecule has 1 unspecified atom stereocenters. The molecule has 1 heterocycles. The molecule has 1 saturated carbocycles. The Morgan fingerprint density at radius 1 is 1.32 bits per heavy atom. The minimum Gasteiger partial charge on any atom is -0.327 e. The summed E-state index contributed by atoms with van der Waals surface area (Å²) >= 11 is 0. The van der Waals surface area contributed by atoms with Crippen molar-refractivity contribution in [1.29, 1.82) is 0 Å². The van der Waals surface area contributed by atoms with Gasteiger partial charge < -0.3 is 5.73 Å². The smallest absolute Gasteiger partial charge is 0.0640 e. The highest BCUT2D eigenvalue weighted by Crippen LogP contribution is 2.28. The zero-order chi connectivity index (χ0) is 13.7. The summed E-state index contributed by atoms with van der Waals surface area (Å²) in [5.41, 5.74) is 7.45. The first-order valence-corrected chi connectivity index (χ1v) is 8.02. The summed E-state index contributed by atoms with van der Waals surface area (Å²) in [7, 11) is 0. The van der Waals surface area contributed by atoms with Crippen molar-refractivity contribution in [1.82, 2.24) is 9.78 Å². The van der Waals surface area contributed by atoms with E-state index in [-0.39, 0.29) is 6.04 Å². The summed E-state index contributed by atoms with van der Waals surface area (Å²) in [6, 6.07) is 2.97. The van der Waals surface area contributed by atoms with Crippen molar-refractivity contribution >= 4 is 0 Å². The molecule has 108 valence electrons. The number of hydrogen-bond donors (Lipinski definition) is 1. The normalized spacial score (nSPS) is 18.3. The maximum Gasteiger partial charge on any atom is 0.0640 e. The van der Waals surface area contributed by atoms with Gasteiger partial charge in [0.15, 0.2) is 0 Å². The Balaban J connectivity index is 1.84. The van der Waals surface area contributed by atoms with Crippen molar-refractivity contribution in [2.45, 2.75) is 77.3 Å². The number of aromatic nitrogens is 2. The van der Waals surface area contributed by atoms with Crippen LogP contribution in [0.3, 0.4) is 0 Å². The second kappa shape index (κ2) is 7.09. The van der Waals surface area contributed by atoms with Crippen LogP contribution in [0.5, 0.6) is 0 Å². The maximum absolute atomic E-state index is 6.29. The first-order valence-electron chi connectivity index (χ1n) is 8.02. The molecule has 0 aliphatic heterocycles. The van der Waals surface area contributed by atoms with E-state index in [0.29, 0.717) is 6.04 Å². The highest BCUT2D eigenvalue weighted by Gasteiger charge is 2.19. The predicted octanol–water partition coefficient (Wildman–Crippen LogP) is 3.69. The highest BCUT2D eigenvalue weighted by molar-refractivity contribution is 5.02. The predicted molar refractivity (Wildman–Crippen MR) is 80.1 cm³/mol. The van der Waals surface area contributed by atoms with E-state index in [1.807, 2.05) is 0 Å². The molecule has 0 aromatic carbocycles. The number of nitrogens with two attached hydrogens (primary N) is 1. The molecular weight excluding hydrogens is 234 g/mol. The van der Waals surface area contributed by atoms with Crippen LogP contribution in [0.2, 0.25) is 0 Å². The third-order valence-electron chi connectivity index (χ3n) is 4.56. The molecule has 1 aliphatic rings. The summed E-state index contributed by atoms with van der Waals surface area (Å²) < 4.78 is 2.12. The van der Waals surface area contributed by atoms with Gasteiger partial charge in [-0.15, -0.1) is 0 Å².